The zero-order valence-electron chi connectivity index (χ0n) is 12.5. The van der Waals surface area contributed by atoms with E-state index in [2.05, 4.69) is 5.32 Å². The molecule has 2 rings (SSSR count). The lowest BCUT2D eigenvalue weighted by molar-refractivity contribution is -0.121. The highest BCUT2D eigenvalue weighted by atomic mass is 32.2. The number of carbonyl (C=O) groups is 1. The third-order valence-electron chi connectivity index (χ3n) is 3.42. The molecule has 0 aliphatic heterocycles. The van der Waals surface area contributed by atoms with Gasteiger partial charge < -0.3 is 10.4 Å². The highest BCUT2D eigenvalue weighted by Gasteiger charge is 2.23. The fourth-order valence-electron chi connectivity index (χ4n) is 2.04. The van der Waals surface area contributed by atoms with Gasteiger partial charge in [0.25, 0.3) is 0 Å². The number of benzene rings is 2. The summed E-state index contributed by atoms with van der Waals surface area (Å²) in [5.41, 5.74) is 0.999. The van der Waals surface area contributed by atoms with Crippen LogP contribution in [-0.4, -0.2) is 20.5 Å². The van der Waals surface area contributed by atoms with Gasteiger partial charge in [-0.2, -0.15) is 0 Å². The number of rotatable bonds is 5. The SMILES string of the molecule is CC(NC(=O)C(C)S(=O)c1ccc(O)cc1)c1ccccc1. The van der Waals surface area contributed by atoms with E-state index in [0.717, 1.165) is 5.56 Å². The maximum atomic E-state index is 12.4. The first-order chi connectivity index (χ1) is 10.5. The molecule has 2 aromatic carbocycles. The van der Waals surface area contributed by atoms with Crippen molar-refractivity contribution < 1.29 is 14.1 Å². The van der Waals surface area contributed by atoms with Crippen molar-refractivity contribution in [2.45, 2.75) is 30.0 Å². The molecule has 0 heterocycles. The number of hydrogen-bond donors (Lipinski definition) is 2. The lowest BCUT2D eigenvalue weighted by Gasteiger charge is -2.17. The Morgan fingerprint density at radius 2 is 1.64 bits per heavy atom. The quantitative estimate of drug-likeness (QED) is 0.891. The summed E-state index contributed by atoms with van der Waals surface area (Å²) in [5, 5.41) is 11.5. The van der Waals surface area contributed by atoms with Gasteiger partial charge >= 0.3 is 0 Å². The van der Waals surface area contributed by atoms with E-state index in [9.17, 15) is 14.1 Å². The largest absolute Gasteiger partial charge is 0.508 e. The molecule has 22 heavy (non-hydrogen) atoms. The van der Waals surface area contributed by atoms with E-state index in [4.69, 9.17) is 0 Å². The van der Waals surface area contributed by atoms with Crippen LogP contribution in [0.25, 0.3) is 0 Å². The van der Waals surface area contributed by atoms with E-state index in [1.165, 1.54) is 12.1 Å². The van der Waals surface area contributed by atoms with E-state index in [-0.39, 0.29) is 17.7 Å². The van der Waals surface area contributed by atoms with Gasteiger partial charge in [-0.3, -0.25) is 9.00 Å². The van der Waals surface area contributed by atoms with Gasteiger partial charge in [0.05, 0.1) is 16.8 Å². The molecule has 116 valence electrons. The number of hydrogen-bond acceptors (Lipinski definition) is 3. The monoisotopic (exact) mass is 317 g/mol. The Kier molecular flexibility index (Phi) is 5.33. The summed E-state index contributed by atoms with van der Waals surface area (Å²) in [6.07, 6.45) is 0. The molecule has 0 saturated carbocycles. The van der Waals surface area contributed by atoms with Crippen molar-refractivity contribution in [3.8, 4) is 5.75 Å². The Balaban J connectivity index is 2.02. The topological polar surface area (TPSA) is 66.4 Å². The maximum Gasteiger partial charge on any atom is 0.236 e. The lowest BCUT2D eigenvalue weighted by Crippen LogP contribution is -2.37. The van der Waals surface area contributed by atoms with Gasteiger partial charge in [0.2, 0.25) is 5.91 Å². The highest BCUT2D eigenvalue weighted by Crippen LogP contribution is 2.17. The number of amides is 1. The number of phenolic OH excluding ortho intramolecular Hbond substituents is 1. The Hall–Kier alpha value is -2.14. The molecule has 0 aliphatic carbocycles. The zero-order chi connectivity index (χ0) is 16.1. The second kappa shape index (κ2) is 7.22. The number of aromatic hydroxyl groups is 1. The minimum absolute atomic E-state index is 0.107. The van der Waals surface area contributed by atoms with E-state index in [0.29, 0.717) is 4.90 Å². The molecule has 3 atom stereocenters. The highest BCUT2D eigenvalue weighted by molar-refractivity contribution is 7.86. The Morgan fingerprint density at radius 1 is 1.05 bits per heavy atom. The molecule has 0 saturated heterocycles. The lowest BCUT2D eigenvalue weighted by atomic mass is 10.1. The van der Waals surface area contributed by atoms with Crippen LogP contribution in [0.1, 0.15) is 25.5 Å². The van der Waals surface area contributed by atoms with Gasteiger partial charge in [0, 0.05) is 4.90 Å². The number of phenols is 1. The van der Waals surface area contributed by atoms with Gasteiger partial charge in [-0.1, -0.05) is 30.3 Å². The number of carbonyl (C=O) groups excluding carboxylic acids is 1. The Labute approximate surface area is 132 Å². The molecule has 2 N–H and O–H groups in total. The normalized spacial score (nSPS) is 14.8. The molecule has 5 heteroatoms. The molecule has 0 radical (unpaired) electrons. The first-order valence-corrected chi connectivity index (χ1v) is 8.25. The molecule has 0 spiro atoms. The van der Waals surface area contributed by atoms with Gasteiger partial charge in [-0.15, -0.1) is 0 Å². The summed E-state index contributed by atoms with van der Waals surface area (Å²) in [6.45, 7) is 3.53. The van der Waals surface area contributed by atoms with Crippen molar-refractivity contribution in [1.82, 2.24) is 5.32 Å². The van der Waals surface area contributed by atoms with Crippen LogP contribution in [0.5, 0.6) is 5.75 Å². The Morgan fingerprint density at radius 3 is 2.23 bits per heavy atom. The summed E-state index contributed by atoms with van der Waals surface area (Å²) in [7, 11) is -1.46. The second-order valence-electron chi connectivity index (χ2n) is 5.07. The minimum Gasteiger partial charge on any atom is -0.508 e. The summed E-state index contributed by atoms with van der Waals surface area (Å²) >= 11 is 0. The molecule has 0 aromatic heterocycles. The Bertz CT molecular complexity index is 655. The van der Waals surface area contributed by atoms with Gasteiger partial charge in [-0.25, -0.2) is 0 Å². The van der Waals surface area contributed by atoms with E-state index in [1.807, 2.05) is 37.3 Å². The molecule has 0 aliphatic rings. The van der Waals surface area contributed by atoms with Crippen LogP contribution in [0.3, 0.4) is 0 Å². The van der Waals surface area contributed by atoms with Crippen LogP contribution in [0.15, 0.2) is 59.5 Å². The van der Waals surface area contributed by atoms with Crippen LogP contribution in [-0.2, 0) is 15.6 Å². The minimum atomic E-state index is -1.46. The third kappa shape index (κ3) is 3.95. The van der Waals surface area contributed by atoms with Crippen LogP contribution in [0.4, 0.5) is 0 Å². The fraction of sp³-hybridized carbons (Fsp3) is 0.235. The molecule has 4 nitrogen and oxygen atoms in total. The third-order valence-corrected chi connectivity index (χ3v) is 5.01. The van der Waals surface area contributed by atoms with Crippen molar-refractivity contribution >= 4 is 16.7 Å². The summed E-state index contributed by atoms with van der Waals surface area (Å²) in [6, 6.07) is 15.5. The van der Waals surface area contributed by atoms with Gasteiger partial charge in [0.15, 0.2) is 0 Å². The van der Waals surface area contributed by atoms with Gasteiger partial charge in [0.1, 0.15) is 11.0 Å². The van der Waals surface area contributed by atoms with E-state index < -0.39 is 16.0 Å². The summed E-state index contributed by atoms with van der Waals surface area (Å²) in [5.74, 6) is -0.154. The standard InChI is InChI=1S/C17H19NO3S/c1-12(14-6-4-3-5-7-14)18-17(20)13(2)22(21)16-10-8-15(19)9-11-16/h3-13,19H,1-2H3,(H,18,20). The first kappa shape index (κ1) is 16.2. The molecule has 1 amide bonds. The summed E-state index contributed by atoms with van der Waals surface area (Å²) in [4.78, 5) is 12.8. The molecule has 3 unspecified atom stereocenters. The molecule has 2 aromatic rings. The second-order valence-corrected chi connectivity index (χ2v) is 6.85. The van der Waals surface area contributed by atoms with Crippen LogP contribution < -0.4 is 5.32 Å². The molecular weight excluding hydrogens is 298 g/mol. The number of nitrogens with one attached hydrogen (secondary N) is 1. The van der Waals surface area contributed by atoms with Crippen LogP contribution >= 0.6 is 0 Å². The van der Waals surface area contributed by atoms with Crippen molar-refractivity contribution in [2.24, 2.45) is 0 Å². The van der Waals surface area contributed by atoms with Crippen molar-refractivity contribution in [3.05, 3.63) is 60.2 Å². The van der Waals surface area contributed by atoms with Crippen molar-refractivity contribution in [2.75, 3.05) is 0 Å². The van der Waals surface area contributed by atoms with E-state index >= 15 is 0 Å². The molecule has 0 bridgehead atoms. The summed E-state index contributed by atoms with van der Waals surface area (Å²) < 4.78 is 12.4. The van der Waals surface area contributed by atoms with Crippen molar-refractivity contribution in [1.29, 1.82) is 0 Å². The first-order valence-electron chi connectivity index (χ1n) is 7.04. The van der Waals surface area contributed by atoms with Crippen LogP contribution in [0, 0.1) is 0 Å². The maximum absolute atomic E-state index is 12.4. The fourth-order valence-corrected chi connectivity index (χ4v) is 3.11. The van der Waals surface area contributed by atoms with Gasteiger partial charge in [-0.05, 0) is 43.7 Å². The predicted molar refractivity (Wildman–Crippen MR) is 87.0 cm³/mol. The average Bonchev–Trinajstić information content (AvgIpc) is 2.55. The average molecular weight is 317 g/mol. The van der Waals surface area contributed by atoms with E-state index in [1.54, 1.807) is 19.1 Å². The van der Waals surface area contributed by atoms with Crippen LogP contribution in [0.2, 0.25) is 0 Å². The predicted octanol–water partition coefficient (Wildman–Crippen LogP) is 2.77. The molecule has 0 fully saturated rings. The molecular formula is C17H19NO3S. The zero-order valence-corrected chi connectivity index (χ0v) is 13.3. The van der Waals surface area contributed by atoms with Crippen molar-refractivity contribution in [3.63, 3.8) is 0 Å². The smallest absolute Gasteiger partial charge is 0.236 e.